The highest BCUT2D eigenvalue weighted by molar-refractivity contribution is 7.59. The van der Waals surface area contributed by atoms with Gasteiger partial charge in [-0.1, -0.05) is 13.3 Å². The summed E-state index contributed by atoms with van der Waals surface area (Å²) in [6, 6.07) is -0.948. The van der Waals surface area contributed by atoms with Gasteiger partial charge in [-0.2, -0.15) is 0 Å². The maximum absolute atomic E-state index is 13.7. The van der Waals surface area contributed by atoms with Crippen LogP contribution in [0, 0.1) is 0 Å². The van der Waals surface area contributed by atoms with Crippen LogP contribution in [-0.4, -0.2) is 67.2 Å². The number of rotatable bonds is 14. The number of carbonyl (C=O) groups is 2. The highest BCUT2D eigenvalue weighted by atomic mass is 31.2. The van der Waals surface area contributed by atoms with Gasteiger partial charge in [0.05, 0.1) is 25.6 Å². The number of hydrogen-bond acceptors (Lipinski definition) is 9. The molecule has 0 aliphatic heterocycles. The number of ether oxygens (including phenoxy) is 2. The van der Waals surface area contributed by atoms with Crippen molar-refractivity contribution >= 4 is 36.4 Å². The summed E-state index contributed by atoms with van der Waals surface area (Å²) in [7, 11) is -3.72. The average Bonchev–Trinajstić information content (AvgIpc) is 3.16. The molecule has 2 rings (SSSR count). The quantitative estimate of drug-likeness (QED) is 0.168. The molecule has 2 heterocycles. The first kappa shape index (κ1) is 27.6. The van der Waals surface area contributed by atoms with Crippen molar-refractivity contribution in [3.05, 3.63) is 12.7 Å². The van der Waals surface area contributed by atoms with E-state index in [0.717, 1.165) is 6.42 Å². The minimum absolute atomic E-state index is 0.250. The molecule has 13 nitrogen and oxygen atoms in total. The second-order valence-electron chi connectivity index (χ2n) is 8.59. The SMILES string of the molecule is CCCCOC(=O)[C@@H](C)NP(=O)(CO[C@H](C)Cn1cnc2c(N)ncnc21)NC(C)(C)C(=O)O. The van der Waals surface area contributed by atoms with Crippen molar-refractivity contribution in [2.75, 3.05) is 18.7 Å². The molecule has 0 fully saturated rings. The van der Waals surface area contributed by atoms with Gasteiger partial charge in [-0.25, -0.2) is 25.1 Å². The van der Waals surface area contributed by atoms with E-state index in [0.29, 0.717) is 24.1 Å². The molecule has 3 atom stereocenters. The van der Waals surface area contributed by atoms with Crippen LogP contribution in [0.4, 0.5) is 5.82 Å². The molecule has 0 aromatic carbocycles. The Bertz CT molecular complexity index is 1040. The summed E-state index contributed by atoms with van der Waals surface area (Å²) in [4.78, 5) is 36.2. The van der Waals surface area contributed by atoms with E-state index in [1.165, 1.54) is 27.1 Å². The maximum atomic E-state index is 13.7. The topological polar surface area (TPSA) is 184 Å². The number of nitrogens with zero attached hydrogens (tertiary/aromatic N) is 4. The van der Waals surface area contributed by atoms with E-state index < -0.39 is 37.1 Å². The number of aromatic nitrogens is 4. The summed E-state index contributed by atoms with van der Waals surface area (Å²) >= 11 is 0. The molecule has 190 valence electrons. The number of unbranched alkanes of at least 4 members (excludes halogenated alkanes) is 1. The smallest absolute Gasteiger partial charge is 0.323 e. The molecular weight excluding hydrogens is 465 g/mol. The predicted molar refractivity (Wildman–Crippen MR) is 126 cm³/mol. The van der Waals surface area contributed by atoms with Crippen LogP contribution in [-0.2, 0) is 30.2 Å². The number of nitrogens with two attached hydrogens (primary N) is 1. The monoisotopic (exact) mass is 499 g/mol. The zero-order valence-corrected chi connectivity index (χ0v) is 21.0. The second-order valence-corrected chi connectivity index (χ2v) is 10.8. The number of carbonyl (C=O) groups excluding carboxylic acids is 1. The Balaban J connectivity index is 2.10. The number of anilines is 1. The third-order valence-corrected chi connectivity index (χ3v) is 7.15. The Morgan fingerprint density at radius 3 is 2.65 bits per heavy atom. The van der Waals surface area contributed by atoms with E-state index in [-0.39, 0.29) is 18.8 Å². The first-order chi connectivity index (χ1) is 15.9. The first-order valence-electron chi connectivity index (χ1n) is 11.0. The lowest BCUT2D eigenvalue weighted by atomic mass is 10.1. The number of hydrogen-bond donors (Lipinski definition) is 4. The van der Waals surface area contributed by atoms with Gasteiger partial charge < -0.3 is 24.9 Å². The minimum Gasteiger partial charge on any atom is -0.480 e. The van der Waals surface area contributed by atoms with Crippen molar-refractivity contribution in [2.45, 2.75) is 71.7 Å². The number of carboxylic acid groups (broad SMARTS) is 1. The van der Waals surface area contributed by atoms with Gasteiger partial charge in [0.15, 0.2) is 11.5 Å². The molecule has 0 saturated carbocycles. The predicted octanol–water partition coefficient (Wildman–Crippen LogP) is 1.74. The summed E-state index contributed by atoms with van der Waals surface area (Å²) in [5.74, 6) is -1.53. The molecule has 2 aromatic heterocycles. The van der Waals surface area contributed by atoms with Crippen LogP contribution in [0.3, 0.4) is 0 Å². The van der Waals surface area contributed by atoms with Gasteiger partial charge in [0.1, 0.15) is 29.8 Å². The van der Waals surface area contributed by atoms with Crippen molar-refractivity contribution in [3.63, 3.8) is 0 Å². The van der Waals surface area contributed by atoms with Crippen molar-refractivity contribution in [1.29, 1.82) is 0 Å². The lowest BCUT2D eigenvalue weighted by Gasteiger charge is -2.31. The number of nitrogens with one attached hydrogen (secondary N) is 2. The Hall–Kier alpha value is -2.60. The molecule has 14 heteroatoms. The van der Waals surface area contributed by atoms with E-state index >= 15 is 0 Å². The largest absolute Gasteiger partial charge is 0.480 e. The molecule has 0 amide bonds. The van der Waals surface area contributed by atoms with Crippen molar-refractivity contribution in [1.82, 2.24) is 29.7 Å². The number of imidazole rings is 1. The Kier molecular flexibility index (Phi) is 9.51. The number of aliphatic carboxylic acids is 1. The van der Waals surface area contributed by atoms with Crippen LogP contribution in [0.1, 0.15) is 47.5 Å². The zero-order chi connectivity index (χ0) is 25.5. The van der Waals surface area contributed by atoms with Crippen molar-refractivity contribution in [2.24, 2.45) is 0 Å². The molecule has 5 N–H and O–H groups in total. The molecule has 0 aliphatic rings. The fourth-order valence-corrected chi connectivity index (χ4v) is 5.40. The minimum atomic E-state index is -3.72. The molecule has 0 radical (unpaired) electrons. The maximum Gasteiger partial charge on any atom is 0.323 e. The lowest BCUT2D eigenvalue weighted by molar-refractivity contribution is -0.145. The molecular formula is C20H34N7O6P. The molecule has 2 aromatic rings. The molecule has 0 aliphatic carbocycles. The molecule has 1 unspecified atom stereocenters. The first-order valence-corrected chi connectivity index (χ1v) is 12.9. The third kappa shape index (κ3) is 7.45. The van der Waals surface area contributed by atoms with E-state index in [1.54, 1.807) is 17.8 Å². The van der Waals surface area contributed by atoms with Gasteiger partial charge in [-0.3, -0.25) is 14.2 Å². The second kappa shape index (κ2) is 11.7. The van der Waals surface area contributed by atoms with E-state index in [9.17, 15) is 19.3 Å². The molecule has 0 spiro atoms. The van der Waals surface area contributed by atoms with E-state index in [4.69, 9.17) is 15.2 Å². The fraction of sp³-hybridized carbons (Fsp3) is 0.650. The van der Waals surface area contributed by atoms with Crippen LogP contribution in [0.2, 0.25) is 0 Å². The van der Waals surface area contributed by atoms with Crippen LogP contribution >= 0.6 is 7.44 Å². The number of esters is 1. The average molecular weight is 500 g/mol. The summed E-state index contributed by atoms with van der Waals surface area (Å²) in [6.45, 7) is 8.53. The highest BCUT2D eigenvalue weighted by Crippen LogP contribution is 2.40. The van der Waals surface area contributed by atoms with Gasteiger partial charge in [0.25, 0.3) is 0 Å². The Morgan fingerprint density at radius 2 is 2.00 bits per heavy atom. The molecule has 0 bridgehead atoms. The molecule has 0 saturated heterocycles. The van der Waals surface area contributed by atoms with Gasteiger partial charge in [-0.05, 0) is 34.1 Å². The molecule has 34 heavy (non-hydrogen) atoms. The van der Waals surface area contributed by atoms with Crippen molar-refractivity contribution < 1.29 is 28.7 Å². The van der Waals surface area contributed by atoms with Crippen LogP contribution in [0.5, 0.6) is 0 Å². The highest BCUT2D eigenvalue weighted by Gasteiger charge is 2.38. The van der Waals surface area contributed by atoms with Crippen LogP contribution in [0.25, 0.3) is 11.2 Å². The summed E-state index contributed by atoms with van der Waals surface area (Å²) in [5, 5.41) is 14.8. The number of carboxylic acids is 1. The summed E-state index contributed by atoms with van der Waals surface area (Å²) in [5.41, 5.74) is 5.25. The zero-order valence-electron chi connectivity index (χ0n) is 20.1. The standard InChI is InChI=1S/C20H34N7O6P/c1-6-7-8-32-18(28)14(3)25-34(31,26-20(4,5)19(29)30)12-33-13(2)9-27-11-24-15-16(21)22-10-23-17(15)27/h10-11,13-14H,6-9,12H2,1-5H3,(H,29,30)(H2,21,22,23)(H2,25,26,31)/t13-,14-,34?/m1/s1. The van der Waals surface area contributed by atoms with Gasteiger partial charge in [-0.15, -0.1) is 0 Å². The van der Waals surface area contributed by atoms with Crippen LogP contribution < -0.4 is 15.9 Å². The number of fused-ring (bicyclic) bond motifs is 1. The summed E-state index contributed by atoms with van der Waals surface area (Å²) < 4.78 is 26.4. The van der Waals surface area contributed by atoms with Gasteiger partial charge >= 0.3 is 11.9 Å². The van der Waals surface area contributed by atoms with E-state index in [1.807, 2.05) is 6.92 Å². The van der Waals surface area contributed by atoms with Gasteiger partial charge in [0.2, 0.25) is 7.44 Å². The fourth-order valence-electron chi connectivity index (χ4n) is 3.00. The third-order valence-electron chi connectivity index (χ3n) is 4.92. The van der Waals surface area contributed by atoms with Crippen LogP contribution in [0.15, 0.2) is 12.7 Å². The summed E-state index contributed by atoms with van der Waals surface area (Å²) in [6.07, 6.45) is 3.61. The number of nitrogen functional groups attached to an aromatic ring is 1. The van der Waals surface area contributed by atoms with E-state index in [2.05, 4.69) is 25.1 Å². The Morgan fingerprint density at radius 1 is 1.29 bits per heavy atom. The van der Waals surface area contributed by atoms with Gasteiger partial charge in [0, 0.05) is 0 Å². The Labute approximate surface area is 198 Å². The normalized spacial score (nSPS) is 15.6. The lowest BCUT2D eigenvalue weighted by Crippen LogP contribution is -2.49. The van der Waals surface area contributed by atoms with Crippen molar-refractivity contribution in [3.8, 4) is 0 Å².